The maximum absolute atomic E-state index is 13.3. The Morgan fingerprint density at radius 3 is 2.19 bits per heavy atom. The minimum atomic E-state index is -0.984. The fourth-order valence-corrected chi connectivity index (χ4v) is 2.65. The van der Waals surface area contributed by atoms with E-state index in [0.717, 1.165) is 23.9 Å². The molecule has 10 heteroatoms. The maximum Gasteiger partial charge on any atom is 0.306 e. The second kappa shape index (κ2) is 9.53. The van der Waals surface area contributed by atoms with Gasteiger partial charge in [-0.15, -0.1) is 11.8 Å². The Labute approximate surface area is 158 Å². The molecule has 0 aliphatic heterocycles. The lowest BCUT2D eigenvalue weighted by Gasteiger charge is -2.07. The Bertz CT molecular complexity index is 845. The van der Waals surface area contributed by atoms with E-state index in [2.05, 4.69) is 10.6 Å². The Kier molecular flexibility index (Phi) is 7.12. The van der Waals surface area contributed by atoms with Crippen molar-refractivity contribution in [2.45, 2.75) is 0 Å². The highest BCUT2D eigenvalue weighted by Crippen LogP contribution is 2.21. The molecule has 0 radical (unpaired) electrons. The maximum atomic E-state index is 13.3. The molecule has 0 unspecified atom stereocenters. The molecule has 0 fully saturated rings. The standard InChI is InChI=1S/C17H16FN3O5S/c1-26-13-5-2-11(3-6-13)19-16(22)9-27-10-17(23)20-12-4-7-14(18)15(8-12)21(24)25/h2-8H,9-10H2,1H3,(H,19,22)(H,20,23). The quantitative estimate of drug-likeness (QED) is 0.527. The summed E-state index contributed by atoms with van der Waals surface area (Å²) in [4.78, 5) is 33.5. The van der Waals surface area contributed by atoms with Gasteiger partial charge in [-0.2, -0.15) is 4.39 Å². The van der Waals surface area contributed by atoms with Gasteiger partial charge in [-0.1, -0.05) is 0 Å². The predicted molar refractivity (Wildman–Crippen MR) is 101 cm³/mol. The van der Waals surface area contributed by atoms with Gasteiger partial charge in [0.1, 0.15) is 5.75 Å². The van der Waals surface area contributed by atoms with Crippen molar-refractivity contribution in [3.05, 3.63) is 58.4 Å². The number of rotatable bonds is 8. The highest BCUT2D eigenvalue weighted by atomic mass is 32.2. The van der Waals surface area contributed by atoms with Gasteiger partial charge in [0.05, 0.1) is 23.5 Å². The molecule has 0 saturated carbocycles. The number of hydrogen-bond acceptors (Lipinski definition) is 6. The first-order valence-electron chi connectivity index (χ1n) is 7.64. The second-order valence-electron chi connectivity index (χ2n) is 5.24. The molecule has 27 heavy (non-hydrogen) atoms. The van der Waals surface area contributed by atoms with Crippen LogP contribution in [0.25, 0.3) is 0 Å². The van der Waals surface area contributed by atoms with Crippen LogP contribution in [-0.4, -0.2) is 35.4 Å². The molecular weight excluding hydrogens is 377 g/mol. The number of methoxy groups -OCH3 is 1. The van der Waals surface area contributed by atoms with Crippen molar-refractivity contribution in [3.8, 4) is 5.75 Å². The second-order valence-corrected chi connectivity index (χ2v) is 6.23. The molecule has 0 aliphatic rings. The van der Waals surface area contributed by atoms with Crippen LogP contribution in [0.4, 0.5) is 21.5 Å². The molecule has 0 bridgehead atoms. The van der Waals surface area contributed by atoms with Crippen LogP contribution in [0, 0.1) is 15.9 Å². The number of benzene rings is 2. The highest BCUT2D eigenvalue weighted by molar-refractivity contribution is 8.00. The fourth-order valence-electron chi connectivity index (χ4n) is 2.04. The third-order valence-corrected chi connectivity index (χ3v) is 4.20. The van der Waals surface area contributed by atoms with Crippen LogP contribution < -0.4 is 15.4 Å². The molecule has 2 amide bonds. The number of nitrogens with zero attached hydrogens (tertiary/aromatic N) is 1. The first kappa shape index (κ1) is 20.2. The number of hydrogen-bond donors (Lipinski definition) is 2. The lowest BCUT2D eigenvalue weighted by Crippen LogP contribution is -2.18. The molecule has 0 aliphatic carbocycles. The van der Waals surface area contributed by atoms with Crippen molar-refractivity contribution >= 4 is 40.6 Å². The van der Waals surface area contributed by atoms with Gasteiger partial charge in [-0.05, 0) is 36.4 Å². The van der Waals surface area contributed by atoms with Crippen LogP contribution in [0.5, 0.6) is 5.75 Å². The number of nitro groups is 1. The number of anilines is 2. The zero-order chi connectivity index (χ0) is 19.8. The van der Waals surface area contributed by atoms with Gasteiger partial charge >= 0.3 is 5.69 Å². The van der Waals surface area contributed by atoms with Crippen molar-refractivity contribution in [2.24, 2.45) is 0 Å². The zero-order valence-corrected chi connectivity index (χ0v) is 15.0. The summed E-state index contributed by atoms with van der Waals surface area (Å²) in [6.07, 6.45) is 0. The summed E-state index contributed by atoms with van der Waals surface area (Å²) in [7, 11) is 1.54. The number of ether oxygens (including phenoxy) is 1. The molecule has 0 atom stereocenters. The van der Waals surface area contributed by atoms with E-state index in [0.29, 0.717) is 11.4 Å². The molecule has 2 aromatic carbocycles. The molecule has 142 valence electrons. The third kappa shape index (κ3) is 6.26. The molecule has 2 N–H and O–H groups in total. The Hall–Kier alpha value is -3.14. The summed E-state index contributed by atoms with van der Waals surface area (Å²) in [6.45, 7) is 0. The van der Waals surface area contributed by atoms with E-state index in [1.165, 1.54) is 6.07 Å². The first-order chi connectivity index (χ1) is 12.9. The molecule has 0 saturated heterocycles. The average molecular weight is 393 g/mol. The summed E-state index contributed by atoms with van der Waals surface area (Å²) >= 11 is 1.07. The summed E-state index contributed by atoms with van der Waals surface area (Å²) in [6, 6.07) is 9.86. The van der Waals surface area contributed by atoms with E-state index in [4.69, 9.17) is 4.74 Å². The van der Waals surface area contributed by atoms with Crippen LogP contribution in [-0.2, 0) is 9.59 Å². The van der Waals surface area contributed by atoms with Crippen LogP contribution in [0.1, 0.15) is 0 Å². The SMILES string of the molecule is COc1ccc(NC(=O)CSCC(=O)Nc2ccc(F)c([N+](=O)[O-])c2)cc1. The van der Waals surface area contributed by atoms with Crippen LogP contribution in [0.15, 0.2) is 42.5 Å². The summed E-state index contributed by atoms with van der Waals surface area (Å²) in [5.41, 5.74) is -0.0137. The van der Waals surface area contributed by atoms with Gasteiger partial charge < -0.3 is 15.4 Å². The number of carbonyl (C=O) groups excluding carboxylic acids is 2. The van der Waals surface area contributed by atoms with E-state index >= 15 is 0 Å². The van der Waals surface area contributed by atoms with Gasteiger partial charge in [-0.3, -0.25) is 19.7 Å². The van der Waals surface area contributed by atoms with Crippen molar-refractivity contribution in [1.82, 2.24) is 0 Å². The number of thioether (sulfide) groups is 1. The van der Waals surface area contributed by atoms with Crippen molar-refractivity contribution in [1.29, 1.82) is 0 Å². The number of amides is 2. The Balaban J connectivity index is 1.77. The topological polar surface area (TPSA) is 111 Å². The lowest BCUT2D eigenvalue weighted by atomic mass is 10.2. The minimum Gasteiger partial charge on any atom is -0.497 e. The molecule has 2 aromatic rings. The number of halogens is 1. The summed E-state index contributed by atoms with van der Waals surface area (Å²) < 4.78 is 18.3. The lowest BCUT2D eigenvalue weighted by molar-refractivity contribution is -0.387. The first-order valence-corrected chi connectivity index (χ1v) is 8.80. The normalized spacial score (nSPS) is 10.1. The third-order valence-electron chi connectivity index (χ3n) is 3.27. The Morgan fingerprint density at radius 2 is 1.63 bits per heavy atom. The predicted octanol–water partition coefficient (Wildman–Crippen LogP) is 3.05. The van der Waals surface area contributed by atoms with Crippen LogP contribution >= 0.6 is 11.8 Å². The smallest absolute Gasteiger partial charge is 0.306 e. The van der Waals surface area contributed by atoms with Crippen molar-refractivity contribution < 1.29 is 23.6 Å². The molecule has 0 spiro atoms. The van der Waals surface area contributed by atoms with E-state index in [9.17, 15) is 24.1 Å². The molecular formula is C17H16FN3O5S. The van der Waals surface area contributed by atoms with Crippen molar-refractivity contribution in [2.75, 3.05) is 29.2 Å². The number of nitrogens with one attached hydrogen (secondary N) is 2. The Morgan fingerprint density at radius 1 is 1.07 bits per heavy atom. The van der Waals surface area contributed by atoms with E-state index in [-0.39, 0.29) is 23.1 Å². The van der Waals surface area contributed by atoms with Gasteiger partial charge in [0, 0.05) is 17.4 Å². The van der Waals surface area contributed by atoms with E-state index in [1.54, 1.807) is 31.4 Å². The van der Waals surface area contributed by atoms with E-state index < -0.39 is 22.3 Å². The van der Waals surface area contributed by atoms with E-state index in [1.807, 2.05) is 0 Å². The largest absolute Gasteiger partial charge is 0.497 e. The van der Waals surface area contributed by atoms with Gasteiger partial charge in [0.15, 0.2) is 0 Å². The summed E-state index contributed by atoms with van der Waals surface area (Å²) in [5.74, 6) is -1.05. The summed E-state index contributed by atoms with van der Waals surface area (Å²) in [5, 5.41) is 15.8. The van der Waals surface area contributed by atoms with Crippen LogP contribution in [0.2, 0.25) is 0 Å². The van der Waals surface area contributed by atoms with Gasteiger partial charge in [-0.25, -0.2) is 0 Å². The molecule has 2 rings (SSSR count). The van der Waals surface area contributed by atoms with Crippen LogP contribution in [0.3, 0.4) is 0 Å². The van der Waals surface area contributed by atoms with Gasteiger partial charge in [0.2, 0.25) is 17.6 Å². The number of carbonyl (C=O) groups is 2. The highest BCUT2D eigenvalue weighted by Gasteiger charge is 2.15. The zero-order valence-electron chi connectivity index (χ0n) is 14.2. The monoisotopic (exact) mass is 393 g/mol. The number of nitro benzene ring substituents is 1. The minimum absolute atomic E-state index is 0.0405. The molecule has 0 heterocycles. The van der Waals surface area contributed by atoms with Gasteiger partial charge in [0.25, 0.3) is 0 Å². The molecule has 8 nitrogen and oxygen atoms in total. The average Bonchev–Trinajstić information content (AvgIpc) is 2.63. The molecule has 0 aromatic heterocycles. The van der Waals surface area contributed by atoms with Crippen molar-refractivity contribution in [3.63, 3.8) is 0 Å². The fraction of sp³-hybridized carbons (Fsp3) is 0.176.